The van der Waals surface area contributed by atoms with Gasteiger partial charge in [-0.15, -0.1) is 0 Å². The van der Waals surface area contributed by atoms with E-state index < -0.39 is 0 Å². The molecule has 3 aromatic rings. The van der Waals surface area contributed by atoms with Crippen LogP contribution in [0.5, 0.6) is 0 Å². The molecular weight excluding hydrogens is 238 g/mol. The van der Waals surface area contributed by atoms with Crippen molar-refractivity contribution in [3.63, 3.8) is 0 Å². The van der Waals surface area contributed by atoms with E-state index in [1.54, 1.807) is 0 Å². The van der Waals surface area contributed by atoms with Crippen molar-refractivity contribution in [2.75, 3.05) is 5.73 Å². The van der Waals surface area contributed by atoms with Crippen LogP contribution in [-0.2, 0) is 7.05 Å². The van der Waals surface area contributed by atoms with Crippen LogP contribution in [0.3, 0.4) is 0 Å². The number of halogens is 1. The van der Waals surface area contributed by atoms with Gasteiger partial charge in [0.25, 0.3) is 0 Å². The molecule has 0 atom stereocenters. The lowest BCUT2D eigenvalue weighted by Gasteiger charge is -2.02. The lowest BCUT2D eigenvalue weighted by Crippen LogP contribution is -1.93. The normalized spacial score (nSPS) is 11.2. The van der Waals surface area contributed by atoms with Gasteiger partial charge in [-0.05, 0) is 12.1 Å². The highest BCUT2D eigenvalue weighted by atomic mass is 35.5. The van der Waals surface area contributed by atoms with Crippen LogP contribution in [0.1, 0.15) is 0 Å². The summed E-state index contributed by atoms with van der Waals surface area (Å²) < 4.78 is 7.11. The standard InChI is InChI=1S/C12H10ClN3O/c1-16-10(12-9(14)6-15-17-12)5-7-3-2-4-8(13)11(7)16/h2-6H,14H2,1H3. The number of para-hydroxylation sites is 1. The smallest absolute Gasteiger partial charge is 0.206 e. The Morgan fingerprint density at radius 2 is 2.24 bits per heavy atom. The zero-order chi connectivity index (χ0) is 12.0. The fraction of sp³-hybridized carbons (Fsp3) is 0.0833. The van der Waals surface area contributed by atoms with E-state index in [-0.39, 0.29) is 0 Å². The summed E-state index contributed by atoms with van der Waals surface area (Å²) in [5.41, 5.74) is 8.14. The summed E-state index contributed by atoms with van der Waals surface area (Å²) in [6.07, 6.45) is 1.49. The third-order valence-electron chi connectivity index (χ3n) is 2.84. The second kappa shape index (κ2) is 3.53. The maximum atomic E-state index is 6.18. The second-order valence-corrected chi connectivity index (χ2v) is 4.28. The highest BCUT2D eigenvalue weighted by molar-refractivity contribution is 6.35. The van der Waals surface area contributed by atoms with Gasteiger partial charge in [0, 0.05) is 12.4 Å². The fourth-order valence-corrected chi connectivity index (χ4v) is 2.34. The molecule has 0 amide bonds. The van der Waals surface area contributed by atoms with Crippen molar-refractivity contribution >= 4 is 28.2 Å². The molecule has 4 nitrogen and oxygen atoms in total. The Kier molecular flexibility index (Phi) is 2.12. The van der Waals surface area contributed by atoms with E-state index in [0.29, 0.717) is 16.5 Å². The number of aromatic nitrogens is 2. The van der Waals surface area contributed by atoms with Gasteiger partial charge < -0.3 is 14.8 Å². The van der Waals surface area contributed by atoms with Crippen LogP contribution in [0.2, 0.25) is 5.02 Å². The highest BCUT2D eigenvalue weighted by Crippen LogP contribution is 2.33. The molecule has 2 N–H and O–H groups in total. The molecule has 0 aliphatic rings. The van der Waals surface area contributed by atoms with Gasteiger partial charge in [-0.25, -0.2) is 0 Å². The van der Waals surface area contributed by atoms with Crippen LogP contribution >= 0.6 is 11.6 Å². The molecule has 0 spiro atoms. The number of nitrogen functional groups attached to an aromatic ring is 1. The number of fused-ring (bicyclic) bond motifs is 1. The lowest BCUT2D eigenvalue weighted by molar-refractivity contribution is 0.430. The van der Waals surface area contributed by atoms with Crippen LogP contribution in [0, 0.1) is 0 Å². The average Bonchev–Trinajstić information content (AvgIpc) is 2.84. The third-order valence-corrected chi connectivity index (χ3v) is 3.14. The Morgan fingerprint density at radius 3 is 2.88 bits per heavy atom. The lowest BCUT2D eigenvalue weighted by atomic mass is 10.2. The van der Waals surface area contributed by atoms with Gasteiger partial charge in [0.2, 0.25) is 5.76 Å². The van der Waals surface area contributed by atoms with E-state index in [2.05, 4.69) is 5.16 Å². The summed E-state index contributed by atoms with van der Waals surface area (Å²) in [5, 5.41) is 5.44. The van der Waals surface area contributed by atoms with Crippen molar-refractivity contribution in [2.24, 2.45) is 7.05 Å². The molecule has 0 saturated carbocycles. The minimum Gasteiger partial charge on any atom is -0.394 e. The molecule has 1 aromatic carbocycles. The van der Waals surface area contributed by atoms with Gasteiger partial charge in [-0.2, -0.15) is 0 Å². The quantitative estimate of drug-likeness (QED) is 0.719. The Bertz CT molecular complexity index is 699. The molecular formula is C12H10ClN3O. The first-order chi connectivity index (χ1) is 8.18. The number of aryl methyl sites for hydroxylation is 1. The summed E-state index contributed by atoms with van der Waals surface area (Å²) in [6.45, 7) is 0. The zero-order valence-electron chi connectivity index (χ0n) is 9.14. The van der Waals surface area contributed by atoms with E-state index in [1.165, 1.54) is 6.20 Å². The minimum atomic E-state index is 0.520. The SMILES string of the molecule is Cn1c(-c2oncc2N)cc2cccc(Cl)c21. The van der Waals surface area contributed by atoms with E-state index in [4.69, 9.17) is 21.9 Å². The summed E-state index contributed by atoms with van der Waals surface area (Å²) in [6, 6.07) is 7.75. The molecule has 0 fully saturated rings. The van der Waals surface area contributed by atoms with Crippen molar-refractivity contribution in [2.45, 2.75) is 0 Å². The Labute approximate surface area is 103 Å². The largest absolute Gasteiger partial charge is 0.394 e. The monoisotopic (exact) mass is 247 g/mol. The predicted octanol–water partition coefficient (Wildman–Crippen LogP) is 3.07. The maximum absolute atomic E-state index is 6.18. The molecule has 3 rings (SSSR count). The van der Waals surface area contributed by atoms with Crippen molar-refractivity contribution < 1.29 is 4.52 Å². The zero-order valence-corrected chi connectivity index (χ0v) is 9.90. The van der Waals surface area contributed by atoms with Crippen molar-refractivity contribution in [3.05, 3.63) is 35.5 Å². The summed E-state index contributed by atoms with van der Waals surface area (Å²) >= 11 is 6.18. The number of hydrogen-bond donors (Lipinski definition) is 1. The van der Waals surface area contributed by atoms with Gasteiger partial charge in [0.15, 0.2) is 0 Å². The van der Waals surface area contributed by atoms with Gasteiger partial charge in [0.1, 0.15) is 5.69 Å². The molecule has 0 bridgehead atoms. The van der Waals surface area contributed by atoms with Crippen molar-refractivity contribution in [1.29, 1.82) is 0 Å². The summed E-state index contributed by atoms with van der Waals surface area (Å²) in [5.74, 6) is 0.569. The third kappa shape index (κ3) is 1.41. The average molecular weight is 248 g/mol. The molecule has 86 valence electrons. The highest BCUT2D eigenvalue weighted by Gasteiger charge is 2.15. The molecule has 0 unspecified atom stereocenters. The van der Waals surface area contributed by atoms with Gasteiger partial charge in [-0.1, -0.05) is 28.9 Å². The molecule has 0 saturated heterocycles. The summed E-state index contributed by atoms with van der Waals surface area (Å²) in [4.78, 5) is 0. The van der Waals surface area contributed by atoms with Crippen molar-refractivity contribution in [1.82, 2.24) is 9.72 Å². The Morgan fingerprint density at radius 1 is 1.41 bits per heavy atom. The van der Waals surface area contributed by atoms with Crippen LogP contribution < -0.4 is 5.73 Å². The van der Waals surface area contributed by atoms with Crippen LogP contribution in [-0.4, -0.2) is 9.72 Å². The number of nitrogens with two attached hydrogens (primary N) is 1. The van der Waals surface area contributed by atoms with Crippen molar-refractivity contribution in [3.8, 4) is 11.5 Å². The van der Waals surface area contributed by atoms with E-state index in [9.17, 15) is 0 Å². The maximum Gasteiger partial charge on any atom is 0.206 e. The number of rotatable bonds is 1. The fourth-order valence-electron chi connectivity index (χ4n) is 2.03. The number of benzene rings is 1. The van der Waals surface area contributed by atoms with Gasteiger partial charge in [-0.3, -0.25) is 0 Å². The molecule has 17 heavy (non-hydrogen) atoms. The molecule has 5 heteroatoms. The number of nitrogens with zero attached hydrogens (tertiary/aromatic N) is 2. The Balaban J connectivity index is 2.36. The van der Waals surface area contributed by atoms with E-state index >= 15 is 0 Å². The Hall–Kier alpha value is -1.94. The minimum absolute atomic E-state index is 0.520. The van der Waals surface area contributed by atoms with Crippen LogP contribution in [0.15, 0.2) is 35.0 Å². The number of anilines is 1. The predicted molar refractivity (Wildman–Crippen MR) is 67.8 cm³/mol. The topological polar surface area (TPSA) is 57.0 Å². The summed E-state index contributed by atoms with van der Waals surface area (Å²) in [7, 11) is 1.92. The molecule has 0 radical (unpaired) electrons. The molecule has 2 aromatic heterocycles. The second-order valence-electron chi connectivity index (χ2n) is 3.88. The molecule has 0 aliphatic heterocycles. The van der Waals surface area contributed by atoms with Crippen LogP contribution in [0.25, 0.3) is 22.4 Å². The first-order valence-corrected chi connectivity index (χ1v) is 5.50. The first-order valence-electron chi connectivity index (χ1n) is 5.13. The van der Waals surface area contributed by atoms with Crippen LogP contribution in [0.4, 0.5) is 5.69 Å². The molecule has 0 aliphatic carbocycles. The van der Waals surface area contributed by atoms with E-state index in [0.717, 1.165) is 16.6 Å². The molecule has 2 heterocycles. The van der Waals surface area contributed by atoms with E-state index in [1.807, 2.05) is 35.9 Å². The van der Waals surface area contributed by atoms with Gasteiger partial charge >= 0.3 is 0 Å². The first kappa shape index (κ1) is 10.2. The number of hydrogen-bond acceptors (Lipinski definition) is 3. The van der Waals surface area contributed by atoms with Gasteiger partial charge in [0.05, 0.1) is 22.4 Å².